The molecule has 1 unspecified atom stereocenters. The lowest BCUT2D eigenvalue weighted by atomic mass is 10.3. The number of aromatic nitrogens is 3. The predicted molar refractivity (Wildman–Crippen MR) is 65.9 cm³/mol. The van der Waals surface area contributed by atoms with E-state index in [0.717, 1.165) is 10.7 Å². The van der Waals surface area contributed by atoms with Crippen molar-refractivity contribution in [1.29, 1.82) is 0 Å². The van der Waals surface area contributed by atoms with E-state index in [1.165, 1.54) is 0 Å². The summed E-state index contributed by atoms with van der Waals surface area (Å²) in [7, 11) is 0. The van der Waals surface area contributed by atoms with Gasteiger partial charge in [0.15, 0.2) is 0 Å². The number of rotatable bonds is 3. The quantitative estimate of drug-likeness (QED) is 0.915. The summed E-state index contributed by atoms with van der Waals surface area (Å²) in [6.45, 7) is 4.00. The van der Waals surface area contributed by atoms with Gasteiger partial charge in [-0.15, -0.1) is 11.3 Å². The molecule has 0 saturated carbocycles. The van der Waals surface area contributed by atoms with Gasteiger partial charge in [-0.1, -0.05) is 11.6 Å². The molecule has 1 atom stereocenters. The van der Waals surface area contributed by atoms with Gasteiger partial charge in [-0.2, -0.15) is 0 Å². The van der Waals surface area contributed by atoms with Crippen molar-refractivity contribution < 1.29 is 0 Å². The Morgan fingerprint density at radius 3 is 2.62 bits per heavy atom. The van der Waals surface area contributed by atoms with E-state index < -0.39 is 0 Å². The van der Waals surface area contributed by atoms with Gasteiger partial charge < -0.3 is 5.32 Å². The summed E-state index contributed by atoms with van der Waals surface area (Å²) < 4.78 is 0. The maximum atomic E-state index is 5.71. The minimum absolute atomic E-state index is 0.0971. The van der Waals surface area contributed by atoms with Crippen LogP contribution in [0.25, 0.3) is 0 Å². The first-order valence-corrected chi connectivity index (χ1v) is 6.07. The Balaban J connectivity index is 2.07. The largest absolute Gasteiger partial charge is 0.345 e. The lowest BCUT2D eigenvalue weighted by Crippen LogP contribution is -2.08. The molecule has 1 N–H and O–H groups in total. The summed E-state index contributed by atoms with van der Waals surface area (Å²) in [6, 6.07) is 0.0971. The van der Waals surface area contributed by atoms with Gasteiger partial charge in [-0.25, -0.2) is 15.0 Å². The van der Waals surface area contributed by atoms with Crippen LogP contribution in [0.2, 0.25) is 5.02 Å². The minimum atomic E-state index is 0.0971. The van der Waals surface area contributed by atoms with Crippen LogP contribution in [0.1, 0.15) is 23.7 Å². The molecule has 16 heavy (non-hydrogen) atoms. The summed E-state index contributed by atoms with van der Waals surface area (Å²) in [5, 5.41) is 6.74. The van der Waals surface area contributed by atoms with Crippen molar-refractivity contribution in [3.63, 3.8) is 0 Å². The average Bonchev–Trinajstić information content (AvgIpc) is 2.68. The zero-order chi connectivity index (χ0) is 11.5. The van der Waals surface area contributed by atoms with Crippen molar-refractivity contribution >= 4 is 28.9 Å². The second kappa shape index (κ2) is 4.76. The van der Waals surface area contributed by atoms with Gasteiger partial charge in [0.1, 0.15) is 5.01 Å². The van der Waals surface area contributed by atoms with Crippen molar-refractivity contribution in [3.05, 3.63) is 33.5 Å². The third-order valence-electron chi connectivity index (χ3n) is 1.97. The van der Waals surface area contributed by atoms with E-state index in [-0.39, 0.29) is 6.04 Å². The van der Waals surface area contributed by atoms with Gasteiger partial charge in [-0.05, 0) is 13.8 Å². The van der Waals surface area contributed by atoms with Crippen LogP contribution in [0, 0.1) is 6.92 Å². The lowest BCUT2D eigenvalue weighted by molar-refractivity contribution is 0.843. The first kappa shape index (κ1) is 11.3. The molecule has 0 fully saturated rings. The molecule has 0 bridgehead atoms. The van der Waals surface area contributed by atoms with E-state index in [1.807, 2.05) is 19.2 Å². The molecule has 0 aliphatic heterocycles. The Kier molecular flexibility index (Phi) is 3.36. The molecule has 0 aliphatic carbocycles. The summed E-state index contributed by atoms with van der Waals surface area (Å²) in [5.41, 5.74) is 1.03. The molecule has 0 aliphatic rings. The Hall–Kier alpha value is -1.20. The Morgan fingerprint density at radius 2 is 2.06 bits per heavy atom. The SMILES string of the molecule is Cc1csc(C(C)Nc2ncc(Cl)cn2)n1. The molecule has 4 nitrogen and oxygen atoms in total. The van der Waals surface area contributed by atoms with Crippen LogP contribution in [0.4, 0.5) is 5.95 Å². The zero-order valence-corrected chi connectivity index (χ0v) is 10.5. The molecule has 84 valence electrons. The van der Waals surface area contributed by atoms with Crippen molar-refractivity contribution in [2.24, 2.45) is 0 Å². The van der Waals surface area contributed by atoms with Gasteiger partial charge in [-0.3, -0.25) is 0 Å². The first-order valence-electron chi connectivity index (χ1n) is 4.81. The van der Waals surface area contributed by atoms with Crippen molar-refractivity contribution in [1.82, 2.24) is 15.0 Å². The van der Waals surface area contributed by atoms with Crippen LogP contribution in [0.3, 0.4) is 0 Å². The van der Waals surface area contributed by atoms with Gasteiger partial charge in [0, 0.05) is 11.1 Å². The molecular formula is C10H11ClN4S. The van der Waals surface area contributed by atoms with Crippen molar-refractivity contribution in [2.75, 3.05) is 5.32 Å². The van der Waals surface area contributed by atoms with Gasteiger partial charge in [0.2, 0.25) is 5.95 Å². The fraction of sp³-hybridized carbons (Fsp3) is 0.300. The molecule has 0 radical (unpaired) electrons. The third kappa shape index (κ3) is 2.68. The zero-order valence-electron chi connectivity index (χ0n) is 8.94. The number of anilines is 1. The van der Waals surface area contributed by atoms with Crippen LogP contribution in [-0.4, -0.2) is 15.0 Å². The van der Waals surface area contributed by atoms with E-state index in [0.29, 0.717) is 11.0 Å². The number of hydrogen-bond acceptors (Lipinski definition) is 5. The molecule has 2 heterocycles. The topological polar surface area (TPSA) is 50.7 Å². The molecule has 2 aromatic heterocycles. The highest BCUT2D eigenvalue weighted by molar-refractivity contribution is 7.09. The molecule has 6 heteroatoms. The Labute approximate surface area is 103 Å². The molecule has 2 rings (SSSR count). The summed E-state index contributed by atoms with van der Waals surface area (Å²) in [5.74, 6) is 0.560. The highest BCUT2D eigenvalue weighted by Gasteiger charge is 2.10. The second-order valence-corrected chi connectivity index (χ2v) is 4.74. The Bertz CT molecular complexity index is 468. The van der Waals surface area contributed by atoms with Crippen molar-refractivity contribution in [2.45, 2.75) is 19.9 Å². The van der Waals surface area contributed by atoms with Crippen LogP contribution in [-0.2, 0) is 0 Å². The fourth-order valence-electron chi connectivity index (χ4n) is 1.21. The number of aryl methyl sites for hydroxylation is 1. The number of hydrogen-bond donors (Lipinski definition) is 1. The average molecular weight is 255 g/mol. The monoisotopic (exact) mass is 254 g/mol. The number of nitrogens with one attached hydrogen (secondary N) is 1. The molecule has 0 amide bonds. The third-order valence-corrected chi connectivity index (χ3v) is 3.31. The predicted octanol–water partition coefficient (Wildman–Crippen LogP) is 3.07. The maximum absolute atomic E-state index is 5.71. The summed E-state index contributed by atoms with van der Waals surface area (Å²) >= 11 is 7.33. The van der Waals surface area contributed by atoms with Gasteiger partial charge in [0.05, 0.1) is 23.5 Å². The molecule has 0 spiro atoms. The molecule has 2 aromatic rings. The lowest BCUT2D eigenvalue weighted by Gasteiger charge is -2.10. The number of halogens is 1. The van der Waals surface area contributed by atoms with Gasteiger partial charge in [0.25, 0.3) is 0 Å². The van der Waals surface area contributed by atoms with E-state index in [4.69, 9.17) is 11.6 Å². The van der Waals surface area contributed by atoms with E-state index in [2.05, 4.69) is 20.3 Å². The standard InChI is InChI=1S/C10H11ClN4S/c1-6-5-16-9(14-6)7(2)15-10-12-3-8(11)4-13-10/h3-5,7H,1-2H3,(H,12,13,15). The normalized spacial score (nSPS) is 12.4. The Morgan fingerprint density at radius 1 is 1.38 bits per heavy atom. The van der Waals surface area contributed by atoms with E-state index >= 15 is 0 Å². The van der Waals surface area contributed by atoms with Crippen LogP contribution in [0.5, 0.6) is 0 Å². The van der Waals surface area contributed by atoms with E-state index in [9.17, 15) is 0 Å². The summed E-state index contributed by atoms with van der Waals surface area (Å²) in [4.78, 5) is 12.5. The summed E-state index contributed by atoms with van der Waals surface area (Å²) in [6.07, 6.45) is 3.13. The fourth-order valence-corrected chi connectivity index (χ4v) is 2.11. The minimum Gasteiger partial charge on any atom is -0.345 e. The maximum Gasteiger partial charge on any atom is 0.223 e. The molecular weight excluding hydrogens is 244 g/mol. The molecule has 0 aromatic carbocycles. The second-order valence-electron chi connectivity index (χ2n) is 3.42. The van der Waals surface area contributed by atoms with Gasteiger partial charge >= 0.3 is 0 Å². The van der Waals surface area contributed by atoms with Crippen LogP contribution >= 0.6 is 22.9 Å². The highest BCUT2D eigenvalue weighted by atomic mass is 35.5. The highest BCUT2D eigenvalue weighted by Crippen LogP contribution is 2.20. The smallest absolute Gasteiger partial charge is 0.223 e. The van der Waals surface area contributed by atoms with Crippen LogP contribution in [0.15, 0.2) is 17.8 Å². The number of nitrogens with zero attached hydrogens (tertiary/aromatic N) is 3. The first-order chi connectivity index (χ1) is 7.65. The van der Waals surface area contributed by atoms with Crippen LogP contribution < -0.4 is 5.32 Å². The number of thiazole rings is 1. The van der Waals surface area contributed by atoms with Crippen molar-refractivity contribution in [3.8, 4) is 0 Å². The molecule has 0 saturated heterocycles. The van der Waals surface area contributed by atoms with E-state index in [1.54, 1.807) is 23.7 Å².